The van der Waals surface area contributed by atoms with E-state index in [1.807, 2.05) is 24.3 Å². The highest BCUT2D eigenvalue weighted by Crippen LogP contribution is 2.35. The van der Waals surface area contributed by atoms with Gasteiger partial charge in [0, 0.05) is 26.2 Å². The van der Waals surface area contributed by atoms with Crippen LogP contribution in [0.4, 0.5) is 0 Å². The van der Waals surface area contributed by atoms with Crippen LogP contribution in [0.25, 0.3) is 0 Å². The van der Waals surface area contributed by atoms with E-state index in [9.17, 15) is 8.42 Å². The van der Waals surface area contributed by atoms with Gasteiger partial charge in [-0.05, 0) is 30.5 Å². The Hall–Kier alpha value is -2.65. The number of rotatable bonds is 6. The number of methoxy groups -OCH3 is 1. The molecule has 0 spiro atoms. The van der Waals surface area contributed by atoms with Crippen LogP contribution in [-0.4, -0.2) is 40.9 Å². The second kappa shape index (κ2) is 8.00. The van der Waals surface area contributed by atoms with Crippen LogP contribution in [0.3, 0.4) is 0 Å². The molecule has 1 atom stereocenters. The van der Waals surface area contributed by atoms with Crippen molar-refractivity contribution in [3.63, 3.8) is 0 Å². The van der Waals surface area contributed by atoms with Crippen LogP contribution in [0.1, 0.15) is 42.5 Å². The number of sulfonamides is 1. The SMILES string of the molecule is COc1cccc(Cc2cnc(C3CCCCN3S(=O)(=O)c3cn(C)cn3)o2)c1. The molecule has 1 aliphatic heterocycles. The average molecular weight is 417 g/mol. The van der Waals surface area contributed by atoms with Gasteiger partial charge < -0.3 is 13.7 Å². The standard InChI is InChI=1S/C20H24N4O4S/c1-23-13-19(22-14-23)29(25,26)24-9-4-3-8-18(24)20-21-12-17(28-20)11-15-6-5-7-16(10-15)27-2/h5-7,10,12-14,18H,3-4,8-9,11H2,1-2H3. The Kier molecular flexibility index (Phi) is 5.42. The molecule has 29 heavy (non-hydrogen) atoms. The van der Waals surface area contributed by atoms with E-state index >= 15 is 0 Å². The summed E-state index contributed by atoms with van der Waals surface area (Å²) in [5, 5.41) is 0.0510. The summed E-state index contributed by atoms with van der Waals surface area (Å²) in [5.41, 5.74) is 1.04. The molecule has 1 unspecified atom stereocenters. The van der Waals surface area contributed by atoms with Crippen molar-refractivity contribution >= 4 is 10.0 Å². The monoisotopic (exact) mass is 416 g/mol. The van der Waals surface area contributed by atoms with Crippen LogP contribution in [-0.2, 0) is 23.5 Å². The average Bonchev–Trinajstić information content (AvgIpc) is 3.37. The van der Waals surface area contributed by atoms with Crippen LogP contribution in [0.15, 0.2) is 52.4 Å². The highest BCUT2D eigenvalue weighted by atomic mass is 32.2. The van der Waals surface area contributed by atoms with E-state index in [0.29, 0.717) is 31.0 Å². The molecule has 8 nitrogen and oxygen atoms in total. The fourth-order valence-corrected chi connectivity index (χ4v) is 5.24. The molecule has 0 aliphatic carbocycles. The molecule has 2 aromatic heterocycles. The quantitative estimate of drug-likeness (QED) is 0.614. The topological polar surface area (TPSA) is 90.5 Å². The Balaban J connectivity index is 1.58. The number of hydrogen-bond acceptors (Lipinski definition) is 6. The van der Waals surface area contributed by atoms with E-state index in [1.165, 1.54) is 16.8 Å². The van der Waals surface area contributed by atoms with Gasteiger partial charge in [-0.3, -0.25) is 0 Å². The van der Waals surface area contributed by atoms with Crippen molar-refractivity contribution in [2.75, 3.05) is 13.7 Å². The minimum atomic E-state index is -3.71. The summed E-state index contributed by atoms with van der Waals surface area (Å²) in [6.07, 6.45) is 7.64. The van der Waals surface area contributed by atoms with Crippen LogP contribution in [0, 0.1) is 0 Å². The molecule has 0 radical (unpaired) electrons. The van der Waals surface area contributed by atoms with Crippen molar-refractivity contribution in [1.29, 1.82) is 0 Å². The maximum Gasteiger partial charge on any atom is 0.262 e. The zero-order chi connectivity index (χ0) is 20.4. The van der Waals surface area contributed by atoms with Gasteiger partial charge in [0.05, 0.1) is 19.6 Å². The second-order valence-electron chi connectivity index (χ2n) is 7.20. The Morgan fingerprint density at radius 1 is 1.28 bits per heavy atom. The summed E-state index contributed by atoms with van der Waals surface area (Å²) in [6.45, 7) is 0.428. The van der Waals surface area contributed by atoms with E-state index in [2.05, 4.69) is 9.97 Å². The minimum Gasteiger partial charge on any atom is -0.497 e. The number of benzene rings is 1. The van der Waals surface area contributed by atoms with E-state index in [1.54, 1.807) is 24.9 Å². The van der Waals surface area contributed by atoms with Gasteiger partial charge in [-0.1, -0.05) is 18.6 Å². The molecule has 3 heterocycles. The van der Waals surface area contributed by atoms with E-state index in [4.69, 9.17) is 9.15 Å². The molecule has 1 fully saturated rings. The molecule has 1 aromatic carbocycles. The van der Waals surface area contributed by atoms with Gasteiger partial charge in [0.2, 0.25) is 5.89 Å². The summed E-state index contributed by atoms with van der Waals surface area (Å²) in [4.78, 5) is 8.45. The molecule has 3 aromatic rings. The van der Waals surface area contributed by atoms with Gasteiger partial charge in [0.15, 0.2) is 5.03 Å². The third kappa shape index (κ3) is 4.06. The summed E-state index contributed by atoms with van der Waals surface area (Å²) in [7, 11) is -0.333. The van der Waals surface area contributed by atoms with Gasteiger partial charge in [-0.25, -0.2) is 18.4 Å². The molecule has 9 heteroatoms. The first-order chi connectivity index (χ1) is 14.0. The lowest BCUT2D eigenvalue weighted by Crippen LogP contribution is -2.38. The summed E-state index contributed by atoms with van der Waals surface area (Å²) >= 11 is 0. The lowest BCUT2D eigenvalue weighted by Gasteiger charge is -2.31. The molecule has 0 N–H and O–H groups in total. The second-order valence-corrected chi connectivity index (χ2v) is 9.04. The third-order valence-corrected chi connectivity index (χ3v) is 6.87. The largest absolute Gasteiger partial charge is 0.497 e. The fourth-order valence-electron chi connectivity index (χ4n) is 3.62. The van der Waals surface area contributed by atoms with E-state index < -0.39 is 16.1 Å². The maximum absolute atomic E-state index is 13.1. The van der Waals surface area contributed by atoms with Gasteiger partial charge >= 0.3 is 0 Å². The highest BCUT2D eigenvalue weighted by molar-refractivity contribution is 7.89. The first kappa shape index (κ1) is 19.7. The molecular weight excluding hydrogens is 392 g/mol. The number of nitrogens with zero attached hydrogens (tertiary/aromatic N) is 4. The van der Waals surface area contributed by atoms with Crippen molar-refractivity contribution in [2.24, 2.45) is 7.05 Å². The Labute approximate surface area is 170 Å². The van der Waals surface area contributed by atoms with Crippen LogP contribution in [0.5, 0.6) is 5.75 Å². The van der Waals surface area contributed by atoms with Crippen molar-refractivity contribution in [3.05, 3.63) is 60.2 Å². The van der Waals surface area contributed by atoms with Gasteiger partial charge in [0.1, 0.15) is 17.6 Å². The van der Waals surface area contributed by atoms with Gasteiger partial charge in [-0.2, -0.15) is 4.31 Å². The predicted molar refractivity (Wildman–Crippen MR) is 106 cm³/mol. The molecule has 4 rings (SSSR count). The lowest BCUT2D eigenvalue weighted by atomic mass is 10.1. The number of aromatic nitrogens is 3. The Morgan fingerprint density at radius 3 is 2.90 bits per heavy atom. The number of oxazole rings is 1. The number of aryl methyl sites for hydroxylation is 1. The molecular formula is C20H24N4O4S. The fraction of sp³-hybridized carbons (Fsp3) is 0.400. The number of imidazole rings is 1. The molecule has 1 aliphatic rings. The summed E-state index contributed by atoms with van der Waals surface area (Å²) in [5.74, 6) is 1.90. The van der Waals surface area contributed by atoms with E-state index in [0.717, 1.165) is 24.2 Å². The summed E-state index contributed by atoms with van der Waals surface area (Å²) < 4.78 is 40.6. The van der Waals surface area contributed by atoms with Gasteiger partial charge in [-0.15, -0.1) is 0 Å². The van der Waals surface area contributed by atoms with Crippen molar-refractivity contribution in [2.45, 2.75) is 36.8 Å². The first-order valence-electron chi connectivity index (χ1n) is 9.55. The zero-order valence-corrected chi connectivity index (χ0v) is 17.3. The number of piperidine rings is 1. The normalized spacial score (nSPS) is 18.1. The predicted octanol–water partition coefficient (Wildman–Crippen LogP) is 2.92. The van der Waals surface area contributed by atoms with Crippen LogP contribution < -0.4 is 4.74 Å². The number of hydrogen-bond donors (Lipinski definition) is 0. The molecule has 1 saturated heterocycles. The van der Waals surface area contributed by atoms with Crippen molar-refractivity contribution in [1.82, 2.24) is 18.8 Å². The molecule has 0 saturated carbocycles. The van der Waals surface area contributed by atoms with Crippen molar-refractivity contribution < 1.29 is 17.6 Å². The number of ether oxygens (including phenoxy) is 1. The smallest absolute Gasteiger partial charge is 0.262 e. The van der Waals surface area contributed by atoms with Crippen molar-refractivity contribution in [3.8, 4) is 5.75 Å². The van der Waals surface area contributed by atoms with Crippen LogP contribution >= 0.6 is 0 Å². The molecule has 154 valence electrons. The van der Waals surface area contributed by atoms with Gasteiger partial charge in [0.25, 0.3) is 10.0 Å². The first-order valence-corrected chi connectivity index (χ1v) is 11.0. The zero-order valence-electron chi connectivity index (χ0n) is 16.5. The maximum atomic E-state index is 13.1. The third-order valence-electron chi connectivity index (χ3n) is 5.08. The van der Waals surface area contributed by atoms with E-state index in [-0.39, 0.29) is 5.03 Å². The minimum absolute atomic E-state index is 0.0510. The summed E-state index contributed by atoms with van der Waals surface area (Å²) in [6, 6.07) is 7.32. The molecule has 0 bridgehead atoms. The Bertz CT molecular complexity index is 1090. The lowest BCUT2D eigenvalue weighted by molar-refractivity contribution is 0.216. The van der Waals surface area contributed by atoms with Crippen LogP contribution in [0.2, 0.25) is 0 Å². The Morgan fingerprint density at radius 2 is 2.14 bits per heavy atom. The molecule has 0 amide bonds. The highest BCUT2D eigenvalue weighted by Gasteiger charge is 2.38.